The Morgan fingerprint density at radius 1 is 1.22 bits per heavy atom. The fraction of sp³-hybridized carbons (Fsp3) is 0.308. The van der Waals surface area contributed by atoms with Gasteiger partial charge in [-0.15, -0.1) is 0 Å². The molecule has 1 aromatic carbocycles. The standard InChI is InChI=1S/C26H26N4O5S/c1-6-34-26(31)22-20(13-36-25-17(11-27)14(2)10-15(3)30-25)35-24(29)18(12-28)21(22)16-8-7-9-19(32-4)23(16)33-5/h7-10,21H,6,13,29H2,1-5H3/t21-/m0/s1. The number of pyridine rings is 1. The fourth-order valence-corrected chi connectivity index (χ4v) is 5.03. The number of hydrogen-bond donors (Lipinski definition) is 1. The number of benzene rings is 1. The van der Waals surface area contributed by atoms with Gasteiger partial charge in [0.25, 0.3) is 0 Å². The van der Waals surface area contributed by atoms with Crippen molar-refractivity contribution >= 4 is 17.7 Å². The molecule has 0 saturated heterocycles. The van der Waals surface area contributed by atoms with E-state index in [1.54, 1.807) is 25.1 Å². The number of para-hydroxylation sites is 1. The highest BCUT2D eigenvalue weighted by Crippen LogP contribution is 2.46. The van der Waals surface area contributed by atoms with Gasteiger partial charge < -0.3 is 24.7 Å². The molecule has 1 atom stereocenters. The van der Waals surface area contributed by atoms with E-state index in [2.05, 4.69) is 17.1 Å². The molecule has 2 aromatic rings. The quantitative estimate of drug-likeness (QED) is 0.412. The Kier molecular flexibility index (Phi) is 8.46. The first-order valence-electron chi connectivity index (χ1n) is 11.0. The van der Waals surface area contributed by atoms with Gasteiger partial charge in [0.15, 0.2) is 11.5 Å². The summed E-state index contributed by atoms with van der Waals surface area (Å²) >= 11 is 1.23. The molecule has 1 aromatic heterocycles. The van der Waals surface area contributed by atoms with Crippen LogP contribution >= 0.6 is 11.8 Å². The number of rotatable bonds is 8. The zero-order chi connectivity index (χ0) is 26.4. The summed E-state index contributed by atoms with van der Waals surface area (Å²) in [6.45, 7) is 5.47. The Bertz CT molecular complexity index is 1340. The minimum absolute atomic E-state index is 0.0422. The lowest BCUT2D eigenvalue weighted by atomic mass is 9.82. The van der Waals surface area contributed by atoms with E-state index in [0.717, 1.165) is 11.3 Å². The average molecular weight is 507 g/mol. The Labute approximate surface area is 214 Å². The molecule has 0 fully saturated rings. The lowest BCUT2D eigenvalue weighted by Gasteiger charge is -2.29. The van der Waals surface area contributed by atoms with Crippen molar-refractivity contribution in [1.82, 2.24) is 4.98 Å². The smallest absolute Gasteiger partial charge is 0.338 e. The Hall–Kier alpha value is -4.15. The normalized spacial score (nSPS) is 15.0. The van der Waals surface area contributed by atoms with E-state index in [9.17, 15) is 15.3 Å². The third-order valence-corrected chi connectivity index (χ3v) is 6.48. The highest BCUT2D eigenvalue weighted by Gasteiger charge is 2.39. The Balaban J connectivity index is 2.20. The van der Waals surface area contributed by atoms with Gasteiger partial charge in [-0.1, -0.05) is 23.9 Å². The van der Waals surface area contributed by atoms with Crippen LogP contribution < -0.4 is 15.2 Å². The number of aryl methyl sites for hydroxylation is 2. The molecule has 2 N–H and O–H groups in total. The van der Waals surface area contributed by atoms with Gasteiger partial charge in [0, 0.05) is 11.3 Å². The molecule has 0 aliphatic carbocycles. The highest BCUT2D eigenvalue weighted by atomic mass is 32.2. The number of nitrogens with two attached hydrogens (primary N) is 1. The monoisotopic (exact) mass is 506 g/mol. The summed E-state index contributed by atoms with van der Waals surface area (Å²) in [5.74, 6) is -0.623. The van der Waals surface area contributed by atoms with Crippen LogP contribution in [0.25, 0.3) is 0 Å². The molecule has 10 heteroatoms. The summed E-state index contributed by atoms with van der Waals surface area (Å²) in [6, 6.07) is 11.2. The van der Waals surface area contributed by atoms with Gasteiger partial charge in [0.05, 0.1) is 43.6 Å². The number of methoxy groups -OCH3 is 2. The maximum absolute atomic E-state index is 13.3. The van der Waals surface area contributed by atoms with Gasteiger partial charge >= 0.3 is 5.97 Å². The zero-order valence-electron chi connectivity index (χ0n) is 20.7. The molecule has 0 amide bonds. The van der Waals surface area contributed by atoms with Gasteiger partial charge in [-0.05, 0) is 38.5 Å². The van der Waals surface area contributed by atoms with Crippen molar-refractivity contribution in [2.45, 2.75) is 31.7 Å². The van der Waals surface area contributed by atoms with Crippen LogP contribution in [-0.4, -0.2) is 37.5 Å². The van der Waals surface area contributed by atoms with Crippen LogP contribution in [0.1, 0.15) is 35.2 Å². The summed E-state index contributed by atoms with van der Waals surface area (Å²) in [7, 11) is 2.97. The van der Waals surface area contributed by atoms with Crippen molar-refractivity contribution in [2.75, 3.05) is 26.6 Å². The summed E-state index contributed by atoms with van der Waals surface area (Å²) < 4.78 is 22.2. The first kappa shape index (κ1) is 26.5. The molecule has 1 aliphatic heterocycles. The van der Waals surface area contributed by atoms with Crippen molar-refractivity contribution in [2.24, 2.45) is 5.73 Å². The van der Waals surface area contributed by atoms with E-state index in [0.29, 0.717) is 27.7 Å². The van der Waals surface area contributed by atoms with Gasteiger partial charge in [-0.2, -0.15) is 10.5 Å². The second-order valence-corrected chi connectivity index (χ2v) is 8.69. The van der Waals surface area contributed by atoms with Crippen molar-refractivity contribution in [3.05, 3.63) is 69.4 Å². The third kappa shape index (κ3) is 5.09. The summed E-state index contributed by atoms with van der Waals surface area (Å²) in [5.41, 5.74) is 8.81. The molecule has 36 heavy (non-hydrogen) atoms. The van der Waals surface area contributed by atoms with Crippen LogP contribution in [0.3, 0.4) is 0 Å². The maximum Gasteiger partial charge on any atom is 0.338 e. The number of carbonyl (C=O) groups is 1. The lowest BCUT2D eigenvalue weighted by Crippen LogP contribution is -2.27. The Morgan fingerprint density at radius 2 is 1.97 bits per heavy atom. The van der Waals surface area contributed by atoms with Gasteiger partial charge in [-0.25, -0.2) is 9.78 Å². The number of nitriles is 2. The number of allylic oxidation sites excluding steroid dienone is 1. The number of hydrogen-bond acceptors (Lipinski definition) is 10. The fourth-order valence-electron chi connectivity index (χ4n) is 3.98. The lowest BCUT2D eigenvalue weighted by molar-refractivity contribution is -0.139. The van der Waals surface area contributed by atoms with Crippen molar-refractivity contribution in [3.8, 4) is 23.6 Å². The van der Waals surface area contributed by atoms with E-state index in [1.807, 2.05) is 19.9 Å². The summed E-state index contributed by atoms with van der Waals surface area (Å²) in [5, 5.41) is 20.1. The van der Waals surface area contributed by atoms with E-state index in [1.165, 1.54) is 26.0 Å². The number of carbonyl (C=O) groups excluding carboxylic acids is 1. The van der Waals surface area contributed by atoms with Crippen molar-refractivity contribution in [3.63, 3.8) is 0 Å². The number of nitrogens with zero attached hydrogens (tertiary/aromatic N) is 3. The number of thioether (sulfide) groups is 1. The second-order valence-electron chi connectivity index (χ2n) is 7.73. The van der Waals surface area contributed by atoms with E-state index in [4.69, 9.17) is 24.7 Å². The number of aromatic nitrogens is 1. The van der Waals surface area contributed by atoms with Gasteiger partial charge in [0.1, 0.15) is 28.5 Å². The molecule has 0 radical (unpaired) electrons. The topological polar surface area (TPSA) is 140 Å². The first-order chi connectivity index (χ1) is 17.3. The number of esters is 1. The zero-order valence-corrected chi connectivity index (χ0v) is 21.5. The van der Waals surface area contributed by atoms with Crippen LogP contribution in [0, 0.1) is 36.5 Å². The van der Waals surface area contributed by atoms with Crippen LogP contribution in [0.15, 0.2) is 52.1 Å². The maximum atomic E-state index is 13.3. The molecule has 186 valence electrons. The van der Waals surface area contributed by atoms with Crippen LogP contribution in [-0.2, 0) is 14.3 Å². The van der Waals surface area contributed by atoms with E-state index >= 15 is 0 Å². The van der Waals surface area contributed by atoms with Crippen molar-refractivity contribution < 1.29 is 23.7 Å². The molecule has 1 aliphatic rings. The summed E-state index contributed by atoms with van der Waals surface area (Å²) in [4.78, 5) is 17.8. The third-order valence-electron chi connectivity index (χ3n) is 5.50. The van der Waals surface area contributed by atoms with Crippen LogP contribution in [0.5, 0.6) is 11.5 Å². The largest absolute Gasteiger partial charge is 0.493 e. The highest BCUT2D eigenvalue weighted by molar-refractivity contribution is 7.99. The minimum atomic E-state index is -0.925. The van der Waals surface area contributed by atoms with Gasteiger partial charge in [-0.3, -0.25) is 0 Å². The van der Waals surface area contributed by atoms with Crippen LogP contribution in [0.4, 0.5) is 0 Å². The minimum Gasteiger partial charge on any atom is -0.493 e. The molecule has 0 spiro atoms. The molecular formula is C26H26N4O5S. The number of ether oxygens (including phenoxy) is 4. The Morgan fingerprint density at radius 3 is 2.58 bits per heavy atom. The molecule has 2 heterocycles. The van der Waals surface area contributed by atoms with Gasteiger partial charge in [0.2, 0.25) is 5.88 Å². The van der Waals surface area contributed by atoms with E-state index < -0.39 is 11.9 Å². The second kappa shape index (κ2) is 11.5. The van der Waals surface area contributed by atoms with Crippen LogP contribution in [0.2, 0.25) is 0 Å². The molecule has 9 nitrogen and oxygen atoms in total. The molecular weight excluding hydrogens is 480 g/mol. The predicted octanol–water partition coefficient (Wildman–Crippen LogP) is 4.00. The molecule has 0 saturated carbocycles. The molecule has 0 unspecified atom stereocenters. The van der Waals surface area contributed by atoms with E-state index in [-0.39, 0.29) is 35.1 Å². The molecule has 0 bridgehead atoms. The average Bonchev–Trinajstić information content (AvgIpc) is 2.86. The molecule has 3 rings (SSSR count). The first-order valence-corrected chi connectivity index (χ1v) is 12.0. The SMILES string of the molecule is CCOC(=O)C1=C(CSc2nc(C)cc(C)c2C#N)OC(N)=C(C#N)[C@@H]1c1cccc(OC)c1OC. The predicted molar refractivity (Wildman–Crippen MR) is 133 cm³/mol. The van der Waals surface area contributed by atoms with Crippen molar-refractivity contribution in [1.29, 1.82) is 10.5 Å². The summed E-state index contributed by atoms with van der Waals surface area (Å²) in [6.07, 6.45) is 0.